The first kappa shape index (κ1) is 16.1. The van der Waals surface area contributed by atoms with E-state index in [2.05, 4.69) is 10.2 Å². The standard InChI is InChI=1S/C16H16ClN3O2S/c1-2-20-15(14-7-4-8-22-14)18-19-16(20)23-10-13(21)11-5-3-6-12(17)9-11/h3-9,13,21H,2,10H2,1H3. The van der Waals surface area contributed by atoms with Crippen molar-refractivity contribution in [2.45, 2.75) is 24.7 Å². The van der Waals surface area contributed by atoms with E-state index in [1.807, 2.05) is 35.8 Å². The Morgan fingerprint density at radius 1 is 1.30 bits per heavy atom. The largest absolute Gasteiger partial charge is 0.461 e. The number of aliphatic hydroxyl groups excluding tert-OH is 1. The molecule has 0 fully saturated rings. The Balaban J connectivity index is 1.73. The smallest absolute Gasteiger partial charge is 0.200 e. The Hall–Kier alpha value is -1.76. The van der Waals surface area contributed by atoms with E-state index in [1.54, 1.807) is 18.4 Å². The van der Waals surface area contributed by atoms with Crippen LogP contribution in [0.5, 0.6) is 0 Å². The van der Waals surface area contributed by atoms with E-state index in [4.69, 9.17) is 16.0 Å². The van der Waals surface area contributed by atoms with Crippen molar-refractivity contribution >= 4 is 23.4 Å². The topological polar surface area (TPSA) is 64.1 Å². The molecule has 0 spiro atoms. The van der Waals surface area contributed by atoms with Crippen molar-refractivity contribution in [2.75, 3.05) is 5.75 Å². The highest BCUT2D eigenvalue weighted by Crippen LogP contribution is 2.28. The second-order valence-electron chi connectivity index (χ2n) is 4.91. The third-order valence-corrected chi connectivity index (χ3v) is 4.66. The number of thioether (sulfide) groups is 1. The summed E-state index contributed by atoms with van der Waals surface area (Å²) in [6, 6.07) is 10.9. The van der Waals surface area contributed by atoms with Gasteiger partial charge in [-0.15, -0.1) is 10.2 Å². The first-order valence-corrected chi connectivity index (χ1v) is 8.58. The fraction of sp³-hybridized carbons (Fsp3) is 0.250. The lowest BCUT2D eigenvalue weighted by molar-refractivity contribution is 0.204. The molecule has 0 aliphatic carbocycles. The first-order chi connectivity index (χ1) is 11.2. The average Bonchev–Trinajstić information content (AvgIpc) is 3.21. The van der Waals surface area contributed by atoms with Crippen molar-refractivity contribution in [2.24, 2.45) is 0 Å². The third kappa shape index (κ3) is 3.60. The van der Waals surface area contributed by atoms with Gasteiger partial charge in [0, 0.05) is 17.3 Å². The molecule has 0 amide bonds. The van der Waals surface area contributed by atoms with Crippen LogP contribution in [0, 0.1) is 0 Å². The van der Waals surface area contributed by atoms with Gasteiger partial charge in [0.25, 0.3) is 0 Å². The molecule has 0 saturated heterocycles. The minimum absolute atomic E-state index is 0.469. The maximum absolute atomic E-state index is 10.3. The Morgan fingerprint density at radius 2 is 2.17 bits per heavy atom. The molecule has 0 radical (unpaired) electrons. The normalized spacial score (nSPS) is 12.5. The number of rotatable bonds is 6. The van der Waals surface area contributed by atoms with Gasteiger partial charge in [0.05, 0.1) is 12.4 Å². The summed E-state index contributed by atoms with van der Waals surface area (Å²) in [4.78, 5) is 0. The van der Waals surface area contributed by atoms with Crippen molar-refractivity contribution in [1.29, 1.82) is 0 Å². The van der Waals surface area contributed by atoms with Gasteiger partial charge in [-0.2, -0.15) is 0 Å². The highest BCUT2D eigenvalue weighted by atomic mass is 35.5. The van der Waals surface area contributed by atoms with E-state index in [0.29, 0.717) is 22.4 Å². The van der Waals surface area contributed by atoms with Crippen LogP contribution in [0.25, 0.3) is 11.6 Å². The molecule has 1 unspecified atom stereocenters. The van der Waals surface area contributed by atoms with Gasteiger partial charge in [0.2, 0.25) is 0 Å². The van der Waals surface area contributed by atoms with Crippen LogP contribution in [0.2, 0.25) is 5.02 Å². The van der Waals surface area contributed by atoms with Crippen LogP contribution in [0.15, 0.2) is 52.2 Å². The number of hydrogen-bond acceptors (Lipinski definition) is 5. The number of aromatic nitrogens is 3. The average molecular weight is 350 g/mol. The highest BCUT2D eigenvalue weighted by Gasteiger charge is 2.17. The Labute approximate surface area is 143 Å². The molecule has 1 aromatic carbocycles. The van der Waals surface area contributed by atoms with Crippen LogP contribution in [0.3, 0.4) is 0 Å². The molecule has 5 nitrogen and oxygen atoms in total. The summed E-state index contributed by atoms with van der Waals surface area (Å²) in [6.45, 7) is 2.74. The van der Waals surface area contributed by atoms with Gasteiger partial charge < -0.3 is 9.52 Å². The maximum atomic E-state index is 10.3. The van der Waals surface area contributed by atoms with E-state index < -0.39 is 6.10 Å². The monoisotopic (exact) mass is 349 g/mol. The van der Waals surface area contributed by atoms with Gasteiger partial charge in [0.15, 0.2) is 16.7 Å². The summed E-state index contributed by atoms with van der Waals surface area (Å²) < 4.78 is 7.35. The summed E-state index contributed by atoms with van der Waals surface area (Å²) in [5.41, 5.74) is 0.791. The Kier molecular flexibility index (Phi) is 5.05. The minimum Gasteiger partial charge on any atom is -0.461 e. The van der Waals surface area contributed by atoms with Crippen LogP contribution in [0.1, 0.15) is 18.6 Å². The van der Waals surface area contributed by atoms with E-state index in [9.17, 15) is 5.11 Å². The summed E-state index contributed by atoms with van der Waals surface area (Å²) in [5.74, 6) is 1.84. The first-order valence-electron chi connectivity index (χ1n) is 7.22. The number of benzene rings is 1. The molecule has 0 aliphatic rings. The lowest BCUT2D eigenvalue weighted by atomic mass is 10.1. The number of furan rings is 1. The number of nitrogens with zero attached hydrogens (tertiary/aromatic N) is 3. The van der Waals surface area contributed by atoms with Crippen molar-refractivity contribution in [3.8, 4) is 11.6 Å². The molecule has 3 aromatic rings. The van der Waals surface area contributed by atoms with Crippen LogP contribution < -0.4 is 0 Å². The number of aliphatic hydroxyl groups is 1. The SMILES string of the molecule is CCn1c(SCC(O)c2cccc(Cl)c2)nnc1-c1ccco1. The van der Waals surface area contributed by atoms with Crippen molar-refractivity contribution in [3.63, 3.8) is 0 Å². The van der Waals surface area contributed by atoms with Gasteiger partial charge in [-0.25, -0.2) is 0 Å². The van der Waals surface area contributed by atoms with E-state index >= 15 is 0 Å². The summed E-state index contributed by atoms with van der Waals surface area (Å²) >= 11 is 7.41. The molecule has 1 N–H and O–H groups in total. The van der Waals surface area contributed by atoms with Gasteiger partial charge in [-0.05, 0) is 36.8 Å². The molecular formula is C16H16ClN3O2S. The predicted molar refractivity (Wildman–Crippen MR) is 90.5 cm³/mol. The lowest BCUT2D eigenvalue weighted by Gasteiger charge is -2.11. The Morgan fingerprint density at radius 3 is 2.87 bits per heavy atom. The molecule has 23 heavy (non-hydrogen) atoms. The molecule has 3 rings (SSSR count). The fourth-order valence-electron chi connectivity index (χ4n) is 2.23. The molecule has 0 saturated carbocycles. The molecule has 2 aromatic heterocycles. The van der Waals surface area contributed by atoms with Gasteiger partial charge >= 0.3 is 0 Å². The van der Waals surface area contributed by atoms with Crippen molar-refractivity contribution < 1.29 is 9.52 Å². The molecule has 7 heteroatoms. The summed E-state index contributed by atoms with van der Waals surface area (Å²) in [7, 11) is 0. The van der Waals surface area contributed by atoms with Crippen LogP contribution in [0.4, 0.5) is 0 Å². The quantitative estimate of drug-likeness (QED) is 0.680. The van der Waals surface area contributed by atoms with E-state index in [-0.39, 0.29) is 0 Å². The second kappa shape index (κ2) is 7.21. The van der Waals surface area contributed by atoms with Crippen LogP contribution in [-0.4, -0.2) is 25.6 Å². The lowest BCUT2D eigenvalue weighted by Crippen LogP contribution is -2.04. The van der Waals surface area contributed by atoms with Crippen molar-refractivity contribution in [3.05, 3.63) is 53.2 Å². The fourth-order valence-corrected chi connectivity index (χ4v) is 3.40. The number of halogens is 1. The Bertz CT molecular complexity index is 773. The molecule has 0 bridgehead atoms. The molecule has 0 aliphatic heterocycles. The minimum atomic E-state index is -0.618. The van der Waals surface area contributed by atoms with Gasteiger partial charge in [0.1, 0.15) is 0 Å². The van der Waals surface area contributed by atoms with Crippen LogP contribution in [-0.2, 0) is 6.54 Å². The second-order valence-corrected chi connectivity index (χ2v) is 6.33. The van der Waals surface area contributed by atoms with Gasteiger partial charge in [-0.3, -0.25) is 4.57 Å². The maximum Gasteiger partial charge on any atom is 0.200 e. The van der Waals surface area contributed by atoms with Gasteiger partial charge in [-0.1, -0.05) is 35.5 Å². The predicted octanol–water partition coefficient (Wildman–Crippen LogP) is 4.04. The molecule has 120 valence electrons. The molecule has 2 heterocycles. The van der Waals surface area contributed by atoms with E-state index in [1.165, 1.54) is 11.8 Å². The molecule has 1 atom stereocenters. The zero-order chi connectivity index (χ0) is 16.2. The highest BCUT2D eigenvalue weighted by molar-refractivity contribution is 7.99. The third-order valence-electron chi connectivity index (χ3n) is 3.38. The molecular weight excluding hydrogens is 334 g/mol. The van der Waals surface area contributed by atoms with Crippen LogP contribution >= 0.6 is 23.4 Å². The summed E-state index contributed by atoms with van der Waals surface area (Å²) in [5, 5.41) is 20.1. The summed E-state index contributed by atoms with van der Waals surface area (Å²) in [6.07, 6.45) is 0.993. The zero-order valence-electron chi connectivity index (χ0n) is 12.5. The number of hydrogen-bond donors (Lipinski definition) is 1. The van der Waals surface area contributed by atoms with Crippen molar-refractivity contribution in [1.82, 2.24) is 14.8 Å². The van der Waals surface area contributed by atoms with E-state index in [0.717, 1.165) is 17.3 Å². The zero-order valence-corrected chi connectivity index (χ0v) is 14.1.